The van der Waals surface area contributed by atoms with Crippen molar-refractivity contribution in [2.24, 2.45) is 0 Å². The van der Waals surface area contributed by atoms with E-state index < -0.39 is 29.4 Å². The number of carboxylic acids is 1. The van der Waals surface area contributed by atoms with Crippen LogP contribution in [0.1, 0.15) is 19.4 Å². The number of aliphatic carboxylic acids is 1. The van der Waals surface area contributed by atoms with Gasteiger partial charge in [-0.1, -0.05) is 0 Å². The van der Waals surface area contributed by atoms with E-state index in [9.17, 15) is 23.1 Å². The summed E-state index contributed by atoms with van der Waals surface area (Å²) in [5.74, 6) is -2.09. The predicted molar refractivity (Wildman–Crippen MR) is 72.4 cm³/mol. The number of carboxylic acid groups (broad SMARTS) is 1. The smallest absolute Gasteiger partial charge is 0.477 e. The maximum Gasteiger partial charge on any atom is 0.573 e. The van der Waals surface area contributed by atoms with Gasteiger partial charge >= 0.3 is 12.3 Å². The van der Waals surface area contributed by atoms with Crippen LogP contribution in [0.2, 0.25) is 0 Å². The van der Waals surface area contributed by atoms with Gasteiger partial charge in [-0.2, -0.15) is 0 Å². The van der Waals surface area contributed by atoms with Crippen molar-refractivity contribution in [1.29, 1.82) is 5.41 Å². The molecule has 0 atom stereocenters. The summed E-state index contributed by atoms with van der Waals surface area (Å²) in [4.78, 5) is 10.9. The van der Waals surface area contributed by atoms with Gasteiger partial charge in [0, 0.05) is 23.9 Å². The van der Waals surface area contributed by atoms with E-state index in [4.69, 9.17) is 10.5 Å². The van der Waals surface area contributed by atoms with Gasteiger partial charge in [-0.15, -0.1) is 13.2 Å². The fourth-order valence-electron chi connectivity index (χ4n) is 1.51. The van der Waals surface area contributed by atoms with E-state index in [1.165, 1.54) is 13.8 Å². The van der Waals surface area contributed by atoms with E-state index in [0.717, 1.165) is 18.2 Å². The average Bonchev–Trinajstić information content (AvgIpc) is 2.32. The molecule has 0 aliphatic heterocycles. The summed E-state index contributed by atoms with van der Waals surface area (Å²) in [5, 5.41) is 28.5. The lowest BCUT2D eigenvalue weighted by Gasteiger charge is -2.20. The maximum atomic E-state index is 12.2. The Morgan fingerprint density at radius 3 is 2.41 bits per heavy atom. The lowest BCUT2D eigenvalue weighted by Crippen LogP contribution is -2.30. The first-order valence-electron chi connectivity index (χ1n) is 6.07. The molecule has 0 aliphatic rings. The van der Waals surface area contributed by atoms with Crippen LogP contribution in [0.15, 0.2) is 18.2 Å². The van der Waals surface area contributed by atoms with Crippen LogP contribution < -0.4 is 10.1 Å². The fraction of sp³-hybridized carbons (Fsp3) is 0.385. The third-order valence-electron chi connectivity index (χ3n) is 2.42. The van der Waals surface area contributed by atoms with Crippen LogP contribution in [0.3, 0.4) is 0 Å². The topological polar surface area (TPSA) is 103 Å². The normalized spacial score (nSPS) is 11.9. The quantitative estimate of drug-likeness (QED) is 0.602. The maximum absolute atomic E-state index is 12.2. The first-order valence-corrected chi connectivity index (χ1v) is 6.07. The molecule has 0 unspecified atom stereocenters. The van der Waals surface area contributed by atoms with Crippen LogP contribution in [0, 0.1) is 5.41 Å². The SMILES string of the molecule is CC(C)(O)CNc1cc(OC(F)(F)F)ccc1C(=N)C(=O)O. The highest BCUT2D eigenvalue weighted by molar-refractivity contribution is 6.42. The van der Waals surface area contributed by atoms with E-state index in [1.54, 1.807) is 0 Å². The molecule has 1 aromatic carbocycles. The highest BCUT2D eigenvalue weighted by Gasteiger charge is 2.31. The van der Waals surface area contributed by atoms with E-state index in [-0.39, 0.29) is 17.8 Å². The monoisotopic (exact) mass is 320 g/mol. The summed E-state index contributed by atoms with van der Waals surface area (Å²) in [6, 6.07) is 2.87. The number of aliphatic hydroxyl groups is 1. The number of hydrogen-bond donors (Lipinski definition) is 4. The van der Waals surface area contributed by atoms with E-state index >= 15 is 0 Å². The van der Waals surface area contributed by atoms with Crippen LogP contribution in [-0.4, -0.2) is 40.4 Å². The average molecular weight is 320 g/mol. The van der Waals surface area contributed by atoms with Gasteiger partial charge in [0.05, 0.1) is 5.60 Å². The fourth-order valence-corrected chi connectivity index (χ4v) is 1.51. The van der Waals surface area contributed by atoms with Gasteiger partial charge in [0.1, 0.15) is 11.5 Å². The minimum Gasteiger partial charge on any atom is -0.477 e. The molecule has 0 aliphatic carbocycles. The molecule has 0 spiro atoms. The summed E-state index contributed by atoms with van der Waals surface area (Å²) >= 11 is 0. The Morgan fingerprint density at radius 2 is 1.95 bits per heavy atom. The molecule has 1 rings (SSSR count). The van der Waals surface area contributed by atoms with Crippen LogP contribution >= 0.6 is 0 Å². The molecule has 22 heavy (non-hydrogen) atoms. The molecular weight excluding hydrogens is 305 g/mol. The lowest BCUT2D eigenvalue weighted by molar-refractivity contribution is -0.274. The molecule has 4 N–H and O–H groups in total. The van der Waals surface area contributed by atoms with Gasteiger partial charge in [0.2, 0.25) is 0 Å². The first kappa shape index (κ1) is 17.8. The minimum absolute atomic E-state index is 0.0590. The Balaban J connectivity index is 3.16. The van der Waals surface area contributed by atoms with Crippen molar-refractivity contribution < 1.29 is 32.9 Å². The Bertz CT molecular complexity index is 580. The van der Waals surface area contributed by atoms with Crippen LogP contribution in [0.25, 0.3) is 0 Å². The summed E-state index contributed by atoms with van der Waals surface area (Å²) in [6.07, 6.45) is -4.89. The van der Waals surface area contributed by atoms with Gasteiger partial charge in [0.25, 0.3) is 0 Å². The molecular formula is C13H15F3N2O4. The van der Waals surface area contributed by atoms with Crippen LogP contribution in [0.4, 0.5) is 18.9 Å². The molecule has 9 heteroatoms. The van der Waals surface area contributed by atoms with Crippen molar-refractivity contribution in [3.63, 3.8) is 0 Å². The highest BCUT2D eigenvalue weighted by Crippen LogP contribution is 2.28. The molecule has 0 fully saturated rings. The van der Waals surface area contributed by atoms with E-state index in [0.29, 0.717) is 0 Å². The number of ether oxygens (including phenoxy) is 1. The van der Waals surface area contributed by atoms with E-state index in [2.05, 4.69) is 10.1 Å². The summed E-state index contributed by atoms with van der Waals surface area (Å²) in [7, 11) is 0. The number of hydrogen-bond acceptors (Lipinski definition) is 5. The number of carbonyl (C=O) groups is 1. The number of halogens is 3. The van der Waals surface area contributed by atoms with Gasteiger partial charge in [-0.05, 0) is 26.0 Å². The second kappa shape index (κ2) is 6.22. The number of alkyl halides is 3. The zero-order chi connectivity index (χ0) is 17.1. The Morgan fingerprint density at radius 1 is 1.36 bits per heavy atom. The van der Waals surface area contributed by atoms with E-state index in [1.807, 2.05) is 0 Å². The Labute approximate surface area is 124 Å². The number of anilines is 1. The van der Waals surface area contributed by atoms with Crippen LogP contribution in [-0.2, 0) is 4.79 Å². The number of nitrogens with one attached hydrogen (secondary N) is 2. The van der Waals surface area contributed by atoms with Crippen molar-refractivity contribution in [3.8, 4) is 5.75 Å². The van der Waals surface area contributed by atoms with Gasteiger partial charge in [-0.3, -0.25) is 5.41 Å². The molecule has 122 valence electrons. The molecule has 0 bridgehead atoms. The summed E-state index contributed by atoms with van der Waals surface area (Å²) in [5.41, 5.74) is -2.16. The van der Waals surface area contributed by atoms with Gasteiger partial charge < -0.3 is 20.3 Å². The summed E-state index contributed by atoms with van der Waals surface area (Å²) < 4.78 is 40.4. The first-order chi connectivity index (χ1) is 9.89. The molecule has 0 amide bonds. The standard InChI is InChI=1S/C13H15F3N2O4/c1-12(2,21)6-18-9-5-7(22-13(14,15)16)3-4-8(9)10(17)11(19)20/h3-5,17-18,21H,6H2,1-2H3,(H,19,20). The Hall–Kier alpha value is -2.29. The van der Waals surface area contributed by atoms with Crippen molar-refractivity contribution in [1.82, 2.24) is 0 Å². The second-order valence-electron chi connectivity index (χ2n) is 5.10. The lowest BCUT2D eigenvalue weighted by atomic mass is 10.1. The van der Waals surface area contributed by atoms with Gasteiger partial charge in [-0.25, -0.2) is 4.79 Å². The minimum atomic E-state index is -4.89. The molecule has 0 heterocycles. The molecule has 0 radical (unpaired) electrons. The van der Waals surface area contributed by atoms with Crippen molar-refractivity contribution in [2.45, 2.75) is 25.8 Å². The molecule has 1 aromatic rings. The largest absolute Gasteiger partial charge is 0.573 e. The molecule has 6 nitrogen and oxygen atoms in total. The number of rotatable bonds is 6. The number of benzene rings is 1. The molecule has 0 saturated carbocycles. The Kier molecular flexibility index (Phi) is 5.02. The third kappa shape index (κ3) is 5.60. The predicted octanol–water partition coefficient (Wildman–Crippen LogP) is 2.22. The summed E-state index contributed by atoms with van der Waals surface area (Å²) in [6.45, 7) is 2.85. The van der Waals surface area contributed by atoms with Gasteiger partial charge in [0.15, 0.2) is 0 Å². The van der Waals surface area contributed by atoms with Crippen molar-refractivity contribution >= 4 is 17.4 Å². The zero-order valence-corrected chi connectivity index (χ0v) is 11.8. The molecule has 0 saturated heterocycles. The third-order valence-corrected chi connectivity index (χ3v) is 2.42. The zero-order valence-electron chi connectivity index (χ0n) is 11.8. The van der Waals surface area contributed by atoms with Crippen molar-refractivity contribution in [3.05, 3.63) is 23.8 Å². The van der Waals surface area contributed by atoms with Crippen LogP contribution in [0.5, 0.6) is 5.75 Å². The second-order valence-corrected chi connectivity index (χ2v) is 5.10. The van der Waals surface area contributed by atoms with Crippen molar-refractivity contribution in [2.75, 3.05) is 11.9 Å². The molecule has 0 aromatic heterocycles. The highest BCUT2D eigenvalue weighted by atomic mass is 19.4.